The van der Waals surface area contributed by atoms with E-state index in [-0.39, 0.29) is 18.3 Å². The Labute approximate surface area is 169 Å². The molecule has 0 fully saturated rings. The Morgan fingerprint density at radius 3 is 2.67 bits per heavy atom. The minimum Gasteiger partial charge on any atom is -0.494 e. The van der Waals surface area contributed by atoms with Crippen molar-refractivity contribution in [2.75, 3.05) is 39.2 Å². The summed E-state index contributed by atoms with van der Waals surface area (Å²) in [4.78, 5) is 21.5. The zero-order valence-corrected chi connectivity index (χ0v) is 17.5. The molecular formula is C18H24ClN5O2S. The van der Waals surface area contributed by atoms with Crippen LogP contribution in [-0.2, 0) is 6.54 Å². The fraction of sp³-hybridized carbons (Fsp3) is 0.389. The van der Waals surface area contributed by atoms with Gasteiger partial charge in [-0.15, -0.1) is 12.4 Å². The third-order valence-electron chi connectivity index (χ3n) is 4.02. The largest absolute Gasteiger partial charge is 0.494 e. The van der Waals surface area contributed by atoms with Crippen molar-refractivity contribution in [3.05, 3.63) is 36.2 Å². The molecule has 0 bridgehead atoms. The van der Waals surface area contributed by atoms with Gasteiger partial charge in [0.25, 0.3) is 5.91 Å². The quantitative estimate of drug-likeness (QED) is 0.599. The van der Waals surface area contributed by atoms with E-state index in [1.807, 2.05) is 50.3 Å². The first-order valence-corrected chi connectivity index (χ1v) is 9.28. The van der Waals surface area contributed by atoms with Gasteiger partial charge in [0.05, 0.1) is 11.8 Å². The van der Waals surface area contributed by atoms with Gasteiger partial charge in [-0.05, 0) is 39.2 Å². The normalized spacial score (nSPS) is 10.9. The van der Waals surface area contributed by atoms with E-state index in [4.69, 9.17) is 4.74 Å². The van der Waals surface area contributed by atoms with Crippen molar-refractivity contribution in [2.45, 2.75) is 13.5 Å². The summed E-state index contributed by atoms with van der Waals surface area (Å²) in [7, 11) is 5.59. The highest BCUT2D eigenvalue weighted by atomic mass is 35.5. The molecule has 0 atom stereocenters. The predicted octanol–water partition coefficient (Wildman–Crippen LogP) is 3.15. The highest BCUT2D eigenvalue weighted by molar-refractivity contribution is 7.22. The number of fused-ring (bicyclic) bond motifs is 1. The van der Waals surface area contributed by atoms with E-state index in [0.29, 0.717) is 23.1 Å². The second-order valence-corrected chi connectivity index (χ2v) is 7.13. The van der Waals surface area contributed by atoms with Crippen LogP contribution in [0.3, 0.4) is 0 Å². The molecule has 2 aromatic heterocycles. The van der Waals surface area contributed by atoms with E-state index in [1.54, 1.807) is 22.8 Å². The minimum absolute atomic E-state index is 0. The minimum atomic E-state index is -0.142. The van der Waals surface area contributed by atoms with Crippen LogP contribution in [0.5, 0.6) is 5.75 Å². The van der Waals surface area contributed by atoms with Gasteiger partial charge in [-0.3, -0.25) is 14.4 Å². The molecule has 146 valence electrons. The fourth-order valence-corrected chi connectivity index (χ4v) is 3.57. The number of amides is 1. The monoisotopic (exact) mass is 409 g/mol. The number of methoxy groups -OCH3 is 1. The van der Waals surface area contributed by atoms with Crippen molar-refractivity contribution >= 4 is 45.0 Å². The maximum atomic E-state index is 13.1. The molecule has 0 aliphatic rings. The molecule has 0 unspecified atom stereocenters. The number of carbonyl (C=O) groups is 1. The number of thiazole rings is 1. The zero-order valence-electron chi connectivity index (χ0n) is 15.9. The van der Waals surface area contributed by atoms with E-state index >= 15 is 0 Å². The highest BCUT2D eigenvalue weighted by Crippen LogP contribution is 2.34. The van der Waals surface area contributed by atoms with Crippen molar-refractivity contribution in [1.29, 1.82) is 0 Å². The molecule has 3 aromatic rings. The van der Waals surface area contributed by atoms with E-state index in [2.05, 4.69) is 10.1 Å². The lowest BCUT2D eigenvalue weighted by atomic mass is 10.3. The summed E-state index contributed by atoms with van der Waals surface area (Å²) in [5, 5.41) is 5.01. The van der Waals surface area contributed by atoms with Gasteiger partial charge in [-0.25, -0.2) is 4.98 Å². The van der Waals surface area contributed by atoms with Crippen LogP contribution in [0.25, 0.3) is 10.2 Å². The number of aryl methyl sites for hydroxylation is 1. The molecular weight excluding hydrogens is 386 g/mol. The van der Waals surface area contributed by atoms with Gasteiger partial charge in [0.2, 0.25) is 0 Å². The maximum absolute atomic E-state index is 13.1. The summed E-state index contributed by atoms with van der Waals surface area (Å²) < 4.78 is 8.13. The molecule has 0 radical (unpaired) electrons. The SMILES string of the molecule is CCn1ccc(C(=O)N(CCN(C)C)c2nc3c(OC)cccc3s2)n1.Cl. The van der Waals surface area contributed by atoms with Crippen molar-refractivity contribution in [3.63, 3.8) is 0 Å². The van der Waals surface area contributed by atoms with Crippen LogP contribution in [0.15, 0.2) is 30.5 Å². The molecule has 0 spiro atoms. The van der Waals surface area contributed by atoms with Crippen LogP contribution < -0.4 is 9.64 Å². The number of para-hydroxylation sites is 1. The van der Waals surface area contributed by atoms with Crippen LogP contribution >= 0.6 is 23.7 Å². The molecule has 0 N–H and O–H groups in total. The zero-order chi connectivity index (χ0) is 18.7. The van der Waals surface area contributed by atoms with Crippen LogP contribution in [0, 0.1) is 0 Å². The summed E-state index contributed by atoms with van der Waals surface area (Å²) in [6.45, 7) is 3.98. The summed E-state index contributed by atoms with van der Waals surface area (Å²) in [6.07, 6.45) is 1.82. The molecule has 0 aliphatic heterocycles. The van der Waals surface area contributed by atoms with Gasteiger partial charge in [0, 0.05) is 25.8 Å². The van der Waals surface area contributed by atoms with Gasteiger partial charge >= 0.3 is 0 Å². The number of benzene rings is 1. The maximum Gasteiger partial charge on any atom is 0.280 e. The Bertz CT molecular complexity index is 908. The second kappa shape index (κ2) is 9.16. The number of anilines is 1. The number of ether oxygens (including phenoxy) is 1. The number of nitrogens with zero attached hydrogens (tertiary/aromatic N) is 5. The molecule has 2 heterocycles. The van der Waals surface area contributed by atoms with Gasteiger partial charge in [0.1, 0.15) is 11.3 Å². The van der Waals surface area contributed by atoms with Gasteiger partial charge in [-0.2, -0.15) is 5.10 Å². The van der Waals surface area contributed by atoms with Crippen molar-refractivity contribution in [1.82, 2.24) is 19.7 Å². The molecule has 27 heavy (non-hydrogen) atoms. The second-order valence-electron chi connectivity index (χ2n) is 6.12. The number of hydrogen-bond donors (Lipinski definition) is 0. The van der Waals surface area contributed by atoms with E-state index in [1.165, 1.54) is 11.3 Å². The Kier molecular flexibility index (Phi) is 7.18. The predicted molar refractivity (Wildman–Crippen MR) is 112 cm³/mol. The van der Waals surface area contributed by atoms with Crippen LogP contribution in [0.4, 0.5) is 5.13 Å². The molecule has 9 heteroatoms. The van der Waals surface area contributed by atoms with Crippen LogP contribution in [-0.4, -0.2) is 59.9 Å². The van der Waals surface area contributed by atoms with E-state index < -0.39 is 0 Å². The lowest BCUT2D eigenvalue weighted by molar-refractivity contribution is 0.0979. The summed E-state index contributed by atoms with van der Waals surface area (Å²) in [5.41, 5.74) is 1.20. The molecule has 7 nitrogen and oxygen atoms in total. The molecule has 0 saturated heterocycles. The van der Waals surface area contributed by atoms with Gasteiger partial charge < -0.3 is 9.64 Å². The molecule has 1 aromatic carbocycles. The van der Waals surface area contributed by atoms with Crippen LogP contribution in [0.1, 0.15) is 17.4 Å². The standard InChI is InChI=1S/C18H23N5O2S.ClH/c1-5-22-10-9-13(20-22)17(24)23(12-11-21(2)3)18-19-16-14(25-4)7-6-8-15(16)26-18;/h6-10H,5,11-12H2,1-4H3;1H. The average molecular weight is 410 g/mol. The smallest absolute Gasteiger partial charge is 0.280 e. The molecule has 1 amide bonds. The lowest BCUT2D eigenvalue weighted by Gasteiger charge is -2.21. The van der Waals surface area contributed by atoms with E-state index in [9.17, 15) is 4.79 Å². The third kappa shape index (κ3) is 4.58. The summed E-state index contributed by atoms with van der Waals surface area (Å²) in [5.74, 6) is 0.567. The molecule has 3 rings (SSSR count). The van der Waals surface area contributed by atoms with Crippen molar-refractivity contribution in [3.8, 4) is 5.75 Å². The number of aromatic nitrogens is 3. The Morgan fingerprint density at radius 2 is 2.04 bits per heavy atom. The van der Waals surface area contributed by atoms with Gasteiger partial charge in [-0.1, -0.05) is 17.4 Å². The highest BCUT2D eigenvalue weighted by Gasteiger charge is 2.24. The Hall–Kier alpha value is -2.16. The van der Waals surface area contributed by atoms with Crippen molar-refractivity contribution in [2.24, 2.45) is 0 Å². The number of rotatable bonds is 7. The summed E-state index contributed by atoms with van der Waals surface area (Å²) in [6, 6.07) is 7.54. The topological polar surface area (TPSA) is 63.5 Å². The lowest BCUT2D eigenvalue weighted by Crippen LogP contribution is -2.37. The first-order valence-electron chi connectivity index (χ1n) is 8.47. The number of hydrogen-bond acceptors (Lipinski definition) is 6. The van der Waals surface area contributed by atoms with Gasteiger partial charge in [0.15, 0.2) is 10.8 Å². The average Bonchev–Trinajstić information content (AvgIpc) is 3.27. The molecule has 0 aliphatic carbocycles. The third-order valence-corrected chi connectivity index (χ3v) is 5.06. The van der Waals surface area contributed by atoms with Crippen molar-refractivity contribution < 1.29 is 9.53 Å². The number of halogens is 1. The molecule has 0 saturated carbocycles. The summed E-state index contributed by atoms with van der Waals surface area (Å²) >= 11 is 1.48. The Morgan fingerprint density at radius 1 is 1.26 bits per heavy atom. The van der Waals surface area contributed by atoms with E-state index in [0.717, 1.165) is 23.3 Å². The fourth-order valence-electron chi connectivity index (χ4n) is 2.57. The number of likely N-dealkylation sites (N-methyl/N-ethyl adjacent to an activating group) is 1. The van der Waals surface area contributed by atoms with Crippen LogP contribution in [0.2, 0.25) is 0 Å². The first-order chi connectivity index (χ1) is 12.5. The first kappa shape index (κ1) is 21.1. The Balaban J connectivity index is 0.00000261. The number of carbonyl (C=O) groups excluding carboxylic acids is 1.